The molecule has 3 rings (SSSR count). The van der Waals surface area contributed by atoms with Gasteiger partial charge in [-0.3, -0.25) is 4.79 Å². The molecule has 0 radical (unpaired) electrons. The van der Waals surface area contributed by atoms with Crippen LogP contribution in [0.2, 0.25) is 0 Å². The van der Waals surface area contributed by atoms with Gasteiger partial charge in [-0.2, -0.15) is 0 Å². The van der Waals surface area contributed by atoms with Crippen molar-refractivity contribution < 1.29 is 23.2 Å². The fourth-order valence-electron chi connectivity index (χ4n) is 2.70. The van der Waals surface area contributed by atoms with Gasteiger partial charge in [0.2, 0.25) is 0 Å². The van der Waals surface area contributed by atoms with Gasteiger partial charge in [0.05, 0.1) is 18.3 Å². The summed E-state index contributed by atoms with van der Waals surface area (Å²) in [6, 6.07) is 7.05. The second-order valence-corrected chi connectivity index (χ2v) is 6.03. The van der Waals surface area contributed by atoms with Crippen LogP contribution < -0.4 is 5.32 Å². The Morgan fingerprint density at radius 3 is 2.80 bits per heavy atom. The molecule has 0 aliphatic heterocycles. The lowest BCUT2D eigenvalue weighted by molar-refractivity contribution is -0.124. The smallest absolute Gasteiger partial charge is 0.355 e. The van der Waals surface area contributed by atoms with Crippen LogP contribution in [0.15, 0.2) is 39.4 Å². The maximum Gasteiger partial charge on any atom is 0.355 e. The number of rotatable bonds is 6. The van der Waals surface area contributed by atoms with E-state index in [0.717, 1.165) is 11.3 Å². The molecule has 0 atom stereocenters. The topological polar surface area (TPSA) is 86.6 Å². The van der Waals surface area contributed by atoms with E-state index in [1.807, 2.05) is 31.4 Å². The van der Waals surface area contributed by atoms with Crippen molar-refractivity contribution in [2.45, 2.75) is 33.4 Å². The molecule has 0 saturated heterocycles. The van der Waals surface area contributed by atoms with Gasteiger partial charge < -0.3 is 23.5 Å². The van der Waals surface area contributed by atoms with Gasteiger partial charge in [-0.15, -0.1) is 0 Å². The number of carbonyl (C=O) groups is 2. The molecule has 0 aliphatic carbocycles. The fourth-order valence-corrected chi connectivity index (χ4v) is 2.70. The van der Waals surface area contributed by atoms with E-state index in [4.69, 9.17) is 13.6 Å². The summed E-state index contributed by atoms with van der Waals surface area (Å²) in [6.45, 7) is 5.68. The first-order valence-corrected chi connectivity index (χ1v) is 8.03. The van der Waals surface area contributed by atoms with Crippen LogP contribution >= 0.6 is 0 Å². The minimum Gasteiger partial charge on any atom is -0.467 e. The highest BCUT2D eigenvalue weighted by Gasteiger charge is 2.21. The van der Waals surface area contributed by atoms with Crippen molar-refractivity contribution in [3.63, 3.8) is 0 Å². The molecule has 0 unspecified atom stereocenters. The SMILES string of the molecule is Cc1cc2c(cc(C(=O)OCC(=O)NCc3ccco3)n2C(C)C)o1. The predicted octanol–water partition coefficient (Wildman–Crippen LogP) is 3.19. The van der Waals surface area contributed by atoms with Crippen molar-refractivity contribution >= 4 is 23.0 Å². The van der Waals surface area contributed by atoms with E-state index in [9.17, 15) is 9.59 Å². The van der Waals surface area contributed by atoms with E-state index in [-0.39, 0.29) is 19.2 Å². The molecule has 132 valence electrons. The summed E-state index contributed by atoms with van der Waals surface area (Å²) >= 11 is 0. The zero-order chi connectivity index (χ0) is 18.0. The maximum absolute atomic E-state index is 12.4. The molecular formula is C18H20N2O5. The highest BCUT2D eigenvalue weighted by atomic mass is 16.5. The minimum atomic E-state index is -0.564. The predicted molar refractivity (Wildman–Crippen MR) is 90.2 cm³/mol. The summed E-state index contributed by atoms with van der Waals surface area (Å²) in [5.74, 6) is 0.443. The number of amides is 1. The summed E-state index contributed by atoms with van der Waals surface area (Å²) in [5, 5.41) is 2.62. The Morgan fingerprint density at radius 2 is 2.12 bits per heavy atom. The summed E-state index contributed by atoms with van der Waals surface area (Å²) in [7, 11) is 0. The fraction of sp³-hybridized carbons (Fsp3) is 0.333. The van der Waals surface area contributed by atoms with E-state index in [1.54, 1.807) is 18.2 Å². The Hall–Kier alpha value is -2.96. The number of aromatic nitrogens is 1. The van der Waals surface area contributed by atoms with Crippen LogP contribution in [0, 0.1) is 6.92 Å². The number of nitrogens with zero attached hydrogens (tertiary/aromatic N) is 1. The molecule has 3 aromatic rings. The average Bonchev–Trinajstić information content (AvgIpc) is 3.25. The number of furan rings is 2. The Balaban J connectivity index is 1.64. The van der Waals surface area contributed by atoms with Crippen LogP contribution in [-0.4, -0.2) is 23.1 Å². The van der Waals surface area contributed by atoms with Gasteiger partial charge in [0.25, 0.3) is 5.91 Å². The summed E-state index contributed by atoms with van der Waals surface area (Å²) in [4.78, 5) is 24.2. The number of hydrogen-bond donors (Lipinski definition) is 1. The first kappa shape index (κ1) is 16.9. The van der Waals surface area contributed by atoms with E-state index in [0.29, 0.717) is 17.0 Å². The van der Waals surface area contributed by atoms with Crippen molar-refractivity contribution in [2.24, 2.45) is 0 Å². The van der Waals surface area contributed by atoms with E-state index in [2.05, 4.69) is 5.32 Å². The van der Waals surface area contributed by atoms with Crippen LogP contribution in [0.5, 0.6) is 0 Å². The molecule has 0 spiro atoms. The van der Waals surface area contributed by atoms with Crippen molar-refractivity contribution in [3.8, 4) is 0 Å². The van der Waals surface area contributed by atoms with Crippen LogP contribution in [0.4, 0.5) is 0 Å². The number of carbonyl (C=O) groups excluding carboxylic acids is 2. The first-order valence-electron chi connectivity index (χ1n) is 8.03. The highest BCUT2D eigenvalue weighted by molar-refractivity contribution is 5.95. The van der Waals surface area contributed by atoms with Crippen molar-refractivity contribution in [1.82, 2.24) is 9.88 Å². The van der Waals surface area contributed by atoms with Gasteiger partial charge in [0.1, 0.15) is 17.2 Å². The Morgan fingerprint density at radius 1 is 1.32 bits per heavy atom. The molecule has 0 bridgehead atoms. The van der Waals surface area contributed by atoms with Crippen LogP contribution in [-0.2, 0) is 16.1 Å². The molecule has 3 aromatic heterocycles. The lowest BCUT2D eigenvalue weighted by Crippen LogP contribution is -2.28. The van der Waals surface area contributed by atoms with Crippen LogP contribution in [0.25, 0.3) is 11.1 Å². The normalized spacial score (nSPS) is 11.2. The van der Waals surface area contributed by atoms with Crippen LogP contribution in [0.3, 0.4) is 0 Å². The van der Waals surface area contributed by atoms with Gasteiger partial charge in [-0.05, 0) is 32.9 Å². The lowest BCUT2D eigenvalue weighted by atomic mass is 10.3. The number of esters is 1. The van der Waals surface area contributed by atoms with E-state index < -0.39 is 11.9 Å². The van der Waals surface area contributed by atoms with Gasteiger partial charge >= 0.3 is 5.97 Å². The molecule has 1 N–H and O–H groups in total. The maximum atomic E-state index is 12.4. The van der Waals surface area contributed by atoms with Gasteiger partial charge in [-0.1, -0.05) is 0 Å². The van der Waals surface area contributed by atoms with Gasteiger partial charge in [-0.25, -0.2) is 4.79 Å². The lowest BCUT2D eigenvalue weighted by Gasteiger charge is -2.13. The zero-order valence-electron chi connectivity index (χ0n) is 14.4. The zero-order valence-corrected chi connectivity index (χ0v) is 14.4. The third-order valence-electron chi connectivity index (χ3n) is 3.75. The van der Waals surface area contributed by atoms with Crippen LogP contribution in [0.1, 0.15) is 41.9 Å². The molecule has 1 amide bonds. The third-order valence-corrected chi connectivity index (χ3v) is 3.75. The molecule has 0 fully saturated rings. The minimum absolute atomic E-state index is 0.0461. The quantitative estimate of drug-likeness (QED) is 0.694. The van der Waals surface area contributed by atoms with Gasteiger partial charge in [0.15, 0.2) is 12.2 Å². The molecule has 7 nitrogen and oxygen atoms in total. The Bertz CT molecular complexity index is 886. The number of aryl methyl sites for hydroxylation is 1. The standard InChI is InChI=1S/C18H20N2O5/c1-11(2)20-14-7-12(3)25-16(14)8-15(20)18(22)24-10-17(21)19-9-13-5-4-6-23-13/h4-8,11H,9-10H2,1-3H3,(H,19,21). The molecule has 0 saturated carbocycles. The van der Waals surface area contributed by atoms with E-state index >= 15 is 0 Å². The first-order chi connectivity index (χ1) is 12.0. The second kappa shape index (κ2) is 6.88. The summed E-state index contributed by atoms with van der Waals surface area (Å²) in [6.07, 6.45) is 1.53. The van der Waals surface area contributed by atoms with Crippen molar-refractivity contribution in [1.29, 1.82) is 0 Å². The molecule has 0 aliphatic rings. The summed E-state index contributed by atoms with van der Waals surface area (Å²) in [5.41, 5.74) is 1.82. The molecule has 0 aromatic carbocycles. The number of fused-ring (bicyclic) bond motifs is 1. The third kappa shape index (κ3) is 3.60. The molecule has 25 heavy (non-hydrogen) atoms. The Labute approximate surface area is 144 Å². The van der Waals surface area contributed by atoms with Crippen molar-refractivity contribution in [2.75, 3.05) is 6.61 Å². The number of ether oxygens (including phenoxy) is 1. The highest BCUT2D eigenvalue weighted by Crippen LogP contribution is 2.27. The Kier molecular flexibility index (Phi) is 4.65. The monoisotopic (exact) mass is 344 g/mol. The van der Waals surface area contributed by atoms with Crippen molar-refractivity contribution in [3.05, 3.63) is 47.7 Å². The summed E-state index contributed by atoms with van der Waals surface area (Å²) < 4.78 is 17.7. The van der Waals surface area contributed by atoms with E-state index in [1.165, 1.54) is 6.26 Å². The van der Waals surface area contributed by atoms with Gasteiger partial charge in [0, 0.05) is 18.2 Å². The molecular weight excluding hydrogens is 324 g/mol. The second-order valence-electron chi connectivity index (χ2n) is 6.03. The average molecular weight is 344 g/mol. The number of nitrogens with one attached hydrogen (secondary N) is 1. The number of hydrogen-bond acceptors (Lipinski definition) is 5. The molecule has 3 heterocycles. The largest absolute Gasteiger partial charge is 0.467 e. The molecule has 7 heteroatoms.